The number of aliphatic hydroxyl groups is 6. The third-order valence-corrected chi connectivity index (χ3v) is 19.9. The van der Waals surface area contributed by atoms with Gasteiger partial charge in [0.1, 0.15) is 101 Å². The van der Waals surface area contributed by atoms with Crippen LogP contribution in [0.1, 0.15) is 105 Å². The summed E-state index contributed by atoms with van der Waals surface area (Å²) in [6.45, 7) is 4.72. The van der Waals surface area contributed by atoms with Gasteiger partial charge < -0.3 is 134 Å². The van der Waals surface area contributed by atoms with E-state index in [-0.39, 0.29) is 51.9 Å². The number of fused-ring (bicyclic) bond motifs is 15. The number of nitrogens with two attached hydrogens (primary N) is 2. The quantitative estimate of drug-likeness (QED) is 0.0640. The summed E-state index contributed by atoms with van der Waals surface area (Å²) in [5.41, 5.74) is 7.93. The Morgan fingerprint density at radius 3 is 1.96 bits per heavy atom. The maximum absolute atomic E-state index is 16.2. The first-order valence-corrected chi connectivity index (χ1v) is 35.8. The van der Waals surface area contributed by atoms with Gasteiger partial charge in [-0.15, -0.1) is 0 Å². The molecule has 18 unspecified atom stereocenters. The number of rotatable bonds is 16. The van der Waals surface area contributed by atoms with Gasteiger partial charge in [0.15, 0.2) is 23.9 Å². The SMILES string of the molecule is CNC(CC(C)C)C(=O)NC1C(=O)NC(CC(N)=O)C(=O)NC2C(=O)NC3C(=O)NC(C(=O)NC(C(=O)NCC(=O)Nc4cccc(F)c4)c4cc(O)cc(O)c4-c4cc3ccc4O)C(O)c3ccc(c(Cl)c3)Oc3cc2cc(c3OC2OC(CO)C(O)C(O)C2OC2CC(C)(N)C(O)C(C)O2)Oc2ccc(cc2Cl)C1O. The van der Waals surface area contributed by atoms with Gasteiger partial charge in [-0.05, 0) is 134 Å². The average Bonchev–Trinajstić information content (AvgIpc) is 0.779. The predicted molar refractivity (Wildman–Crippen MR) is 390 cm³/mol. The van der Waals surface area contributed by atoms with Crippen molar-refractivity contribution in [1.82, 2.24) is 42.5 Å². The highest BCUT2D eigenvalue weighted by molar-refractivity contribution is 6.32. The van der Waals surface area contributed by atoms with Crippen LogP contribution in [-0.2, 0) is 57.4 Å². The van der Waals surface area contributed by atoms with Crippen molar-refractivity contribution in [3.05, 3.63) is 147 Å². The molecular weight excluding hydrogens is 1520 g/mol. The van der Waals surface area contributed by atoms with E-state index in [1.807, 2.05) is 13.8 Å². The molecule has 2 saturated heterocycles. The standard InChI is InChI=1S/C74H82Cl2FN11O24/c1-28(2)15-41(80-5)66(100)87-57-59(95)31-10-13-45(39(75)17-31)108-47-19-33-20-48(63(47)112-73-64(62(98)61(97)49(27-89)110-73)111-52-25-74(4,79)65(99)29(3)107-52)109-46-14-11-32(18-40(46)76)60(96)58-72(106)86-56(68(102)81-26-51(94)82-35-8-6-7-34(77)21-35)38-22-36(90)23-44(92)53(38)37-16-30(9-12-43(37)91)54(69(103)88-58)85-70(104)55(33)84-67(101)42(24-50(78)93)83-71(57)105/h6-14,16-23,28-29,41-42,49,52,54-62,64-65,73,80,89-92,95-99H,15,24-27,79H2,1-5H3,(H2,78,93)(H,81,102)(H,82,94)(H,83,105)(H,84,101)(H,85,104)(H,86,106)(H,87,100)(H,88,103). The first-order chi connectivity index (χ1) is 53.0. The van der Waals surface area contributed by atoms with Gasteiger partial charge in [0.25, 0.3) is 0 Å². The van der Waals surface area contributed by atoms with Crippen molar-refractivity contribution < 1.29 is 122 Å². The minimum Gasteiger partial charge on any atom is -0.508 e. The van der Waals surface area contributed by atoms with Crippen molar-refractivity contribution in [2.45, 2.75) is 156 Å². The van der Waals surface area contributed by atoms with Gasteiger partial charge in [-0.2, -0.15) is 0 Å². The summed E-state index contributed by atoms with van der Waals surface area (Å²) in [6, 6.07) is 3.84. The van der Waals surface area contributed by atoms with Crippen LogP contribution in [0, 0.1) is 11.7 Å². The lowest BCUT2D eigenvalue weighted by Crippen LogP contribution is -2.64. The average molecular weight is 1600 g/mol. The molecule has 2 fully saturated rings. The van der Waals surface area contributed by atoms with Gasteiger partial charge in [-0.25, -0.2) is 4.39 Å². The Bertz CT molecular complexity index is 4660. The molecule has 35 nitrogen and oxygen atoms in total. The van der Waals surface area contributed by atoms with E-state index in [9.17, 15) is 74.3 Å². The van der Waals surface area contributed by atoms with Crippen LogP contribution in [0.15, 0.2) is 103 Å². The second kappa shape index (κ2) is 34.2. The van der Waals surface area contributed by atoms with E-state index in [0.717, 1.165) is 78.9 Å². The van der Waals surface area contributed by atoms with Crippen LogP contribution in [0.2, 0.25) is 10.0 Å². The van der Waals surface area contributed by atoms with Crippen LogP contribution in [-0.4, -0.2) is 198 Å². The molecule has 0 aliphatic carbocycles. The Labute approximate surface area is 646 Å². The Morgan fingerprint density at radius 2 is 1.35 bits per heavy atom. The number of benzene rings is 6. The van der Waals surface area contributed by atoms with Crippen molar-refractivity contribution >= 4 is 82.1 Å². The number of phenolic OH excluding ortho intramolecular Hbond substituents is 3. The van der Waals surface area contributed by atoms with Crippen LogP contribution >= 0.6 is 23.2 Å². The largest absolute Gasteiger partial charge is 0.508 e. The molecule has 22 N–H and O–H groups in total. The molecule has 18 atom stereocenters. The summed E-state index contributed by atoms with van der Waals surface area (Å²) in [7, 11) is 1.47. The number of anilines is 1. The third-order valence-electron chi connectivity index (χ3n) is 19.3. The number of primary amides is 1. The number of phenols is 3. The fraction of sp³-hybridized carbons (Fsp3) is 0.392. The van der Waals surface area contributed by atoms with Crippen LogP contribution in [0.25, 0.3) is 11.1 Å². The Hall–Kier alpha value is -10.6. The second-order valence-corrected chi connectivity index (χ2v) is 29.0. The van der Waals surface area contributed by atoms with Crippen molar-refractivity contribution in [3.8, 4) is 57.1 Å². The monoisotopic (exact) mass is 1600 g/mol. The number of carbonyl (C=O) groups is 9. The van der Waals surface area contributed by atoms with Gasteiger partial charge in [-0.3, -0.25) is 43.2 Å². The molecule has 0 radical (unpaired) electrons. The van der Waals surface area contributed by atoms with E-state index in [2.05, 4.69) is 47.9 Å². The van der Waals surface area contributed by atoms with Crippen LogP contribution < -0.4 is 73.5 Å². The van der Waals surface area contributed by atoms with Gasteiger partial charge >= 0.3 is 0 Å². The maximum Gasteiger partial charge on any atom is 0.248 e. The van der Waals surface area contributed by atoms with E-state index in [4.69, 9.17) is 63.1 Å². The zero-order valence-corrected chi connectivity index (χ0v) is 61.7. The van der Waals surface area contributed by atoms with Crippen molar-refractivity contribution in [2.75, 3.05) is 25.5 Å². The van der Waals surface area contributed by atoms with Crippen LogP contribution in [0.3, 0.4) is 0 Å². The van der Waals surface area contributed by atoms with Gasteiger partial charge in [0.05, 0.1) is 47.9 Å². The molecule has 7 aliphatic rings. The molecule has 7 aliphatic heterocycles. The molecule has 9 amide bonds. The van der Waals surface area contributed by atoms with Crippen LogP contribution in [0.5, 0.6) is 46.0 Å². The minimum absolute atomic E-state index is 0.0296. The Morgan fingerprint density at radius 1 is 0.714 bits per heavy atom. The van der Waals surface area contributed by atoms with Crippen molar-refractivity contribution in [1.29, 1.82) is 0 Å². The highest BCUT2D eigenvalue weighted by Gasteiger charge is 2.52. The highest BCUT2D eigenvalue weighted by Crippen LogP contribution is 2.50. The summed E-state index contributed by atoms with van der Waals surface area (Å²) >= 11 is 14.2. The number of likely N-dealkylation sites (N-methyl/N-ethyl adjacent to an activating group) is 1. The smallest absolute Gasteiger partial charge is 0.248 e. The molecule has 13 rings (SSSR count). The molecule has 7 heterocycles. The Kier molecular flexibility index (Phi) is 25.1. The molecular formula is C74H82Cl2FN11O24. The lowest BCUT2D eigenvalue weighted by Gasteiger charge is -2.47. The van der Waals surface area contributed by atoms with Gasteiger partial charge in [-0.1, -0.05) is 61.3 Å². The number of carbonyl (C=O) groups excluding carboxylic acids is 9. The maximum atomic E-state index is 16.2. The molecule has 0 saturated carbocycles. The Balaban J connectivity index is 1.13. The van der Waals surface area contributed by atoms with E-state index < -0.39 is 255 Å². The lowest BCUT2D eigenvalue weighted by molar-refractivity contribution is -0.333. The topological polar surface area (TPSA) is 551 Å². The van der Waals surface area contributed by atoms with E-state index >= 15 is 19.2 Å². The number of aliphatic hydroxyl groups excluding tert-OH is 6. The minimum atomic E-state index is -2.38. The van der Waals surface area contributed by atoms with Crippen LogP contribution in [0.4, 0.5) is 10.1 Å². The molecule has 112 heavy (non-hydrogen) atoms. The van der Waals surface area contributed by atoms with Crippen molar-refractivity contribution in [3.63, 3.8) is 0 Å². The number of nitrogens with one attached hydrogen (secondary N) is 9. The number of amides is 9. The fourth-order valence-corrected chi connectivity index (χ4v) is 14.0. The molecule has 0 aromatic heterocycles. The number of hydrogen-bond acceptors (Lipinski definition) is 26. The second-order valence-electron chi connectivity index (χ2n) is 28.2. The molecule has 598 valence electrons. The van der Waals surface area contributed by atoms with Gasteiger partial charge in [0.2, 0.25) is 65.2 Å². The lowest BCUT2D eigenvalue weighted by atomic mass is 9.86. The molecule has 0 spiro atoms. The molecule has 11 bridgehead atoms. The fourth-order valence-electron chi connectivity index (χ4n) is 13.5. The summed E-state index contributed by atoms with van der Waals surface area (Å²) < 4.78 is 52.7. The first kappa shape index (κ1) is 82.4. The zero-order valence-electron chi connectivity index (χ0n) is 60.2. The zero-order chi connectivity index (χ0) is 81.2. The summed E-state index contributed by atoms with van der Waals surface area (Å²) in [5.74, 6) is -17.4. The third kappa shape index (κ3) is 18.1. The molecule has 38 heteroatoms. The van der Waals surface area contributed by atoms with E-state index in [1.54, 1.807) is 0 Å². The first-order valence-electron chi connectivity index (χ1n) is 35.1. The predicted octanol–water partition coefficient (Wildman–Crippen LogP) is 0.916. The number of hydrogen-bond donors (Lipinski definition) is 20. The number of aromatic hydroxyl groups is 3. The number of halogens is 3. The van der Waals surface area contributed by atoms with E-state index in [1.165, 1.54) is 45.2 Å². The van der Waals surface area contributed by atoms with Crippen molar-refractivity contribution in [2.24, 2.45) is 17.4 Å². The van der Waals surface area contributed by atoms with E-state index in [0.29, 0.717) is 0 Å². The summed E-state index contributed by atoms with van der Waals surface area (Å²) in [4.78, 5) is 133. The normalized spacial score (nSPS) is 27.6. The molecule has 6 aromatic rings. The summed E-state index contributed by atoms with van der Waals surface area (Å²) in [6.07, 6.45) is -18.9. The highest BCUT2D eigenvalue weighted by atomic mass is 35.5. The molecule has 6 aromatic carbocycles. The van der Waals surface area contributed by atoms with Gasteiger partial charge in [0, 0.05) is 34.8 Å². The number of ether oxygens (including phenoxy) is 6. The summed E-state index contributed by atoms with van der Waals surface area (Å²) in [5, 5.41) is 126.